The number of nitrogens with one attached hydrogen (secondary N) is 2. The van der Waals surface area contributed by atoms with E-state index in [0.717, 1.165) is 17.7 Å². The minimum Gasteiger partial charge on any atom is -0.485 e. The average molecular weight is 222 g/mol. The fourth-order valence-electron chi connectivity index (χ4n) is 1.83. The third-order valence-electron chi connectivity index (χ3n) is 2.40. The average Bonchev–Trinajstić information content (AvgIpc) is 2.48. The highest BCUT2D eigenvalue weighted by Gasteiger charge is 2.31. The van der Waals surface area contributed by atoms with E-state index in [1.54, 1.807) is 6.07 Å². The highest BCUT2D eigenvalue weighted by Crippen LogP contribution is 2.39. The first-order valence-corrected chi connectivity index (χ1v) is 5.04. The molecule has 1 aliphatic rings. The molecule has 0 bridgehead atoms. The zero-order chi connectivity index (χ0) is 11.8. The third kappa shape index (κ3) is 2.03. The quantitative estimate of drug-likeness (QED) is 0.669. The van der Waals surface area contributed by atoms with Crippen molar-refractivity contribution < 1.29 is 14.6 Å². The first-order valence-electron chi connectivity index (χ1n) is 5.04. The fraction of sp³-hybridized carbons (Fsp3) is 0.364. The van der Waals surface area contributed by atoms with Crippen molar-refractivity contribution in [1.29, 1.82) is 0 Å². The van der Waals surface area contributed by atoms with Crippen LogP contribution in [0.15, 0.2) is 18.2 Å². The number of amides is 1. The summed E-state index contributed by atoms with van der Waals surface area (Å²) in [4.78, 5) is 10.4. The van der Waals surface area contributed by atoms with Gasteiger partial charge >= 0.3 is 6.09 Å². The van der Waals surface area contributed by atoms with Gasteiger partial charge in [-0.2, -0.15) is 0 Å². The van der Waals surface area contributed by atoms with Crippen LogP contribution in [0.25, 0.3) is 0 Å². The van der Waals surface area contributed by atoms with Gasteiger partial charge in [0.15, 0.2) is 0 Å². The van der Waals surface area contributed by atoms with Crippen LogP contribution in [0, 0.1) is 0 Å². The van der Waals surface area contributed by atoms with Gasteiger partial charge in [-0.05, 0) is 19.9 Å². The third-order valence-corrected chi connectivity index (χ3v) is 2.40. The standard InChI is InChI=1S/C11H14N2O3/c1-11(2)6-7-4-3-5-8(9(7)16-11)12-13-10(14)15/h3-5,12-13H,6H2,1-2H3,(H,14,15). The Labute approximate surface area is 93.4 Å². The van der Waals surface area contributed by atoms with Crippen LogP contribution in [0.5, 0.6) is 5.75 Å². The van der Waals surface area contributed by atoms with Crippen molar-refractivity contribution in [3.05, 3.63) is 23.8 Å². The molecule has 2 rings (SSSR count). The Hall–Kier alpha value is -1.91. The summed E-state index contributed by atoms with van der Waals surface area (Å²) in [6, 6.07) is 5.63. The van der Waals surface area contributed by atoms with Gasteiger partial charge in [0.25, 0.3) is 0 Å². The Morgan fingerprint density at radius 1 is 1.50 bits per heavy atom. The SMILES string of the molecule is CC1(C)Cc2cccc(NNC(=O)O)c2O1. The predicted octanol–water partition coefficient (Wildman–Crippen LogP) is 1.99. The highest BCUT2D eigenvalue weighted by atomic mass is 16.5. The summed E-state index contributed by atoms with van der Waals surface area (Å²) >= 11 is 0. The fourth-order valence-corrected chi connectivity index (χ4v) is 1.83. The molecule has 86 valence electrons. The second-order valence-corrected chi connectivity index (χ2v) is 4.39. The van der Waals surface area contributed by atoms with Crippen molar-refractivity contribution in [2.45, 2.75) is 25.9 Å². The molecular weight excluding hydrogens is 208 g/mol. The first kappa shape index (κ1) is 10.6. The number of fused-ring (bicyclic) bond motifs is 1. The normalized spacial score (nSPS) is 16.1. The zero-order valence-corrected chi connectivity index (χ0v) is 9.20. The van der Waals surface area contributed by atoms with Crippen molar-refractivity contribution >= 4 is 11.8 Å². The van der Waals surface area contributed by atoms with E-state index in [9.17, 15) is 4.79 Å². The topological polar surface area (TPSA) is 70.6 Å². The van der Waals surface area contributed by atoms with E-state index >= 15 is 0 Å². The van der Waals surface area contributed by atoms with Crippen molar-refractivity contribution in [3.8, 4) is 5.75 Å². The molecule has 0 aliphatic carbocycles. The lowest BCUT2D eigenvalue weighted by Crippen LogP contribution is -2.28. The number of hydrogen-bond acceptors (Lipinski definition) is 3. The van der Waals surface area contributed by atoms with Gasteiger partial charge in [0.2, 0.25) is 0 Å². The van der Waals surface area contributed by atoms with Crippen LogP contribution in [0.4, 0.5) is 10.5 Å². The minimum absolute atomic E-state index is 0.233. The number of hydrogen-bond donors (Lipinski definition) is 3. The molecule has 1 aliphatic heterocycles. The van der Waals surface area contributed by atoms with E-state index in [1.807, 2.05) is 26.0 Å². The second kappa shape index (κ2) is 3.59. The summed E-state index contributed by atoms with van der Waals surface area (Å²) in [6.45, 7) is 4.00. The summed E-state index contributed by atoms with van der Waals surface area (Å²) in [7, 11) is 0. The van der Waals surface area contributed by atoms with Gasteiger partial charge in [0.05, 0.1) is 5.69 Å². The highest BCUT2D eigenvalue weighted by molar-refractivity contribution is 5.69. The molecule has 5 nitrogen and oxygen atoms in total. The summed E-state index contributed by atoms with van der Waals surface area (Å²) < 4.78 is 5.76. The molecule has 1 amide bonds. The number of rotatable bonds is 2. The van der Waals surface area contributed by atoms with Crippen molar-refractivity contribution in [3.63, 3.8) is 0 Å². The van der Waals surface area contributed by atoms with E-state index < -0.39 is 6.09 Å². The Kier molecular flexibility index (Phi) is 2.38. The smallest absolute Gasteiger partial charge is 0.423 e. The van der Waals surface area contributed by atoms with Crippen LogP contribution in [-0.4, -0.2) is 16.8 Å². The van der Waals surface area contributed by atoms with Gasteiger partial charge in [-0.1, -0.05) is 12.1 Å². The molecule has 0 radical (unpaired) electrons. The van der Waals surface area contributed by atoms with Crippen LogP contribution < -0.4 is 15.6 Å². The van der Waals surface area contributed by atoms with E-state index in [4.69, 9.17) is 9.84 Å². The Morgan fingerprint density at radius 2 is 2.25 bits per heavy atom. The molecule has 0 saturated carbocycles. The van der Waals surface area contributed by atoms with Crippen LogP contribution in [0.3, 0.4) is 0 Å². The molecule has 16 heavy (non-hydrogen) atoms. The van der Waals surface area contributed by atoms with Crippen LogP contribution in [0.1, 0.15) is 19.4 Å². The van der Waals surface area contributed by atoms with Crippen molar-refractivity contribution in [2.24, 2.45) is 0 Å². The van der Waals surface area contributed by atoms with Crippen LogP contribution in [0.2, 0.25) is 0 Å². The number of carboxylic acid groups (broad SMARTS) is 1. The summed E-state index contributed by atoms with van der Waals surface area (Å²) in [5.41, 5.74) is 6.21. The van der Waals surface area contributed by atoms with Crippen molar-refractivity contribution in [1.82, 2.24) is 5.43 Å². The molecule has 0 spiro atoms. The second-order valence-electron chi connectivity index (χ2n) is 4.39. The van der Waals surface area contributed by atoms with E-state index in [1.165, 1.54) is 0 Å². The largest absolute Gasteiger partial charge is 0.485 e. The van der Waals surface area contributed by atoms with Gasteiger partial charge < -0.3 is 9.84 Å². The summed E-state index contributed by atoms with van der Waals surface area (Å²) in [5.74, 6) is 0.723. The zero-order valence-electron chi connectivity index (χ0n) is 9.20. The predicted molar refractivity (Wildman–Crippen MR) is 59.6 cm³/mol. The number of benzene rings is 1. The maximum atomic E-state index is 10.4. The Bertz CT molecular complexity index is 429. The maximum absolute atomic E-state index is 10.4. The van der Waals surface area contributed by atoms with E-state index in [0.29, 0.717) is 5.69 Å². The number of anilines is 1. The molecule has 0 aromatic heterocycles. The van der Waals surface area contributed by atoms with Gasteiger partial charge in [0.1, 0.15) is 11.4 Å². The molecule has 1 aromatic rings. The molecule has 5 heteroatoms. The van der Waals surface area contributed by atoms with Crippen molar-refractivity contribution in [2.75, 3.05) is 5.43 Å². The van der Waals surface area contributed by atoms with Crippen LogP contribution >= 0.6 is 0 Å². The molecular formula is C11H14N2O3. The molecule has 0 saturated heterocycles. The van der Waals surface area contributed by atoms with Gasteiger partial charge in [-0.25, -0.2) is 10.2 Å². The minimum atomic E-state index is -1.13. The van der Waals surface area contributed by atoms with Crippen LogP contribution in [-0.2, 0) is 6.42 Å². The number of carbonyl (C=O) groups is 1. The first-order chi connectivity index (χ1) is 7.48. The van der Waals surface area contributed by atoms with Gasteiger partial charge in [-0.15, -0.1) is 0 Å². The maximum Gasteiger partial charge on any atom is 0.423 e. The Morgan fingerprint density at radius 3 is 2.94 bits per heavy atom. The monoisotopic (exact) mass is 222 g/mol. The molecule has 0 fully saturated rings. The summed E-state index contributed by atoms with van der Waals surface area (Å²) in [5, 5.41) is 8.51. The summed E-state index contributed by atoms with van der Waals surface area (Å²) in [6.07, 6.45) is -0.305. The van der Waals surface area contributed by atoms with Gasteiger partial charge in [-0.3, -0.25) is 5.43 Å². The Balaban J connectivity index is 2.23. The number of para-hydroxylation sites is 1. The van der Waals surface area contributed by atoms with E-state index in [-0.39, 0.29) is 5.60 Å². The molecule has 0 atom stereocenters. The molecule has 3 N–H and O–H groups in total. The number of ether oxygens (including phenoxy) is 1. The lowest BCUT2D eigenvalue weighted by molar-refractivity contribution is 0.139. The van der Waals surface area contributed by atoms with E-state index in [2.05, 4.69) is 10.9 Å². The lowest BCUT2D eigenvalue weighted by atomic mass is 10.0. The number of hydrazine groups is 1. The van der Waals surface area contributed by atoms with Gasteiger partial charge in [0, 0.05) is 12.0 Å². The molecule has 1 heterocycles. The molecule has 1 aromatic carbocycles. The lowest BCUT2D eigenvalue weighted by Gasteiger charge is -2.18. The molecule has 0 unspecified atom stereocenters.